The Balaban J connectivity index is 1.72. The number of carbonyl (C=O) groups is 2. The summed E-state index contributed by atoms with van der Waals surface area (Å²) in [7, 11) is 1.64. The lowest BCUT2D eigenvalue weighted by Gasteiger charge is -2.29. The summed E-state index contributed by atoms with van der Waals surface area (Å²) in [6.07, 6.45) is 4.80. The number of aryl methyl sites for hydroxylation is 2. The third-order valence-corrected chi connectivity index (χ3v) is 4.47. The van der Waals surface area contributed by atoms with Gasteiger partial charge in [-0.2, -0.15) is 0 Å². The van der Waals surface area contributed by atoms with Crippen LogP contribution in [0, 0.1) is 13.8 Å². The van der Waals surface area contributed by atoms with Crippen LogP contribution in [0.5, 0.6) is 0 Å². The zero-order valence-electron chi connectivity index (χ0n) is 14.8. The summed E-state index contributed by atoms with van der Waals surface area (Å²) in [4.78, 5) is 24.1. The van der Waals surface area contributed by atoms with E-state index in [2.05, 4.69) is 10.6 Å². The maximum absolute atomic E-state index is 12.3. The molecule has 1 aromatic heterocycles. The minimum absolute atomic E-state index is 0.0728. The van der Waals surface area contributed by atoms with Crippen LogP contribution in [0.1, 0.15) is 60.4 Å². The molecule has 0 atom stereocenters. The number of nitrogens with one attached hydrogen (secondary N) is 2. The molecule has 1 fully saturated rings. The van der Waals surface area contributed by atoms with Gasteiger partial charge in [0.15, 0.2) is 0 Å². The molecule has 0 radical (unpaired) electrons. The first-order valence-corrected chi connectivity index (χ1v) is 8.65. The lowest BCUT2D eigenvalue weighted by atomic mass is 9.91. The largest absolute Gasteiger partial charge is 0.466 e. The number of rotatable bonds is 7. The van der Waals surface area contributed by atoms with Crippen LogP contribution in [0.15, 0.2) is 10.5 Å². The quantitative estimate of drug-likeness (QED) is 0.750. The van der Waals surface area contributed by atoms with E-state index >= 15 is 0 Å². The SMILES string of the molecule is COCCCC(=O)NC1CCC(NC(=O)c2cc(C)oc2C)CC1. The zero-order valence-corrected chi connectivity index (χ0v) is 14.8. The Morgan fingerprint density at radius 3 is 2.33 bits per heavy atom. The Labute approximate surface area is 143 Å². The molecule has 0 bridgehead atoms. The molecule has 0 aromatic carbocycles. The molecule has 24 heavy (non-hydrogen) atoms. The summed E-state index contributed by atoms with van der Waals surface area (Å²) in [6.45, 7) is 4.25. The molecule has 1 heterocycles. The minimum atomic E-state index is -0.0728. The highest BCUT2D eigenvalue weighted by molar-refractivity contribution is 5.95. The van der Waals surface area contributed by atoms with Crippen molar-refractivity contribution in [2.45, 2.75) is 64.5 Å². The molecule has 2 N–H and O–H groups in total. The van der Waals surface area contributed by atoms with Gasteiger partial charge in [0.1, 0.15) is 11.5 Å². The molecule has 1 aromatic rings. The van der Waals surface area contributed by atoms with Crippen LogP contribution in [0.4, 0.5) is 0 Å². The van der Waals surface area contributed by atoms with Gasteiger partial charge < -0.3 is 19.8 Å². The summed E-state index contributed by atoms with van der Waals surface area (Å²) >= 11 is 0. The molecule has 1 aliphatic carbocycles. The van der Waals surface area contributed by atoms with Crippen molar-refractivity contribution in [2.75, 3.05) is 13.7 Å². The smallest absolute Gasteiger partial charge is 0.255 e. The number of carbonyl (C=O) groups excluding carboxylic acids is 2. The molecule has 0 unspecified atom stereocenters. The topological polar surface area (TPSA) is 80.6 Å². The first-order valence-electron chi connectivity index (χ1n) is 8.65. The van der Waals surface area contributed by atoms with Crippen LogP contribution < -0.4 is 10.6 Å². The Hall–Kier alpha value is -1.82. The first-order chi connectivity index (χ1) is 11.5. The highest BCUT2D eigenvalue weighted by atomic mass is 16.5. The van der Waals surface area contributed by atoms with Gasteiger partial charge >= 0.3 is 0 Å². The predicted octanol–water partition coefficient (Wildman–Crippen LogP) is 2.48. The highest BCUT2D eigenvalue weighted by Crippen LogP contribution is 2.20. The molecule has 0 spiro atoms. The minimum Gasteiger partial charge on any atom is -0.466 e. The number of hydrogen-bond donors (Lipinski definition) is 2. The molecule has 1 saturated carbocycles. The first kappa shape index (κ1) is 18.5. The number of ether oxygens (including phenoxy) is 1. The van der Waals surface area contributed by atoms with E-state index < -0.39 is 0 Å². The van der Waals surface area contributed by atoms with E-state index in [0.717, 1.165) is 37.9 Å². The second-order valence-corrected chi connectivity index (χ2v) is 6.51. The van der Waals surface area contributed by atoms with Crippen LogP contribution in [0.3, 0.4) is 0 Å². The second kappa shape index (κ2) is 8.87. The van der Waals surface area contributed by atoms with Crippen molar-refractivity contribution in [2.24, 2.45) is 0 Å². The molecule has 2 rings (SSSR count). The lowest BCUT2D eigenvalue weighted by Crippen LogP contribution is -2.43. The maximum Gasteiger partial charge on any atom is 0.255 e. The van der Waals surface area contributed by atoms with Gasteiger partial charge in [-0.05, 0) is 52.0 Å². The van der Waals surface area contributed by atoms with Crippen LogP contribution >= 0.6 is 0 Å². The van der Waals surface area contributed by atoms with Gasteiger partial charge in [0, 0.05) is 32.2 Å². The van der Waals surface area contributed by atoms with Crippen molar-refractivity contribution in [1.82, 2.24) is 10.6 Å². The predicted molar refractivity (Wildman–Crippen MR) is 90.9 cm³/mol. The van der Waals surface area contributed by atoms with Crippen LogP contribution in [0.25, 0.3) is 0 Å². The molecular formula is C18H28N2O4. The van der Waals surface area contributed by atoms with E-state index in [1.54, 1.807) is 20.1 Å². The Morgan fingerprint density at radius 1 is 1.17 bits per heavy atom. The van der Waals surface area contributed by atoms with Gasteiger partial charge in [-0.25, -0.2) is 0 Å². The second-order valence-electron chi connectivity index (χ2n) is 6.51. The van der Waals surface area contributed by atoms with E-state index in [0.29, 0.717) is 24.4 Å². The van der Waals surface area contributed by atoms with Crippen molar-refractivity contribution in [1.29, 1.82) is 0 Å². The van der Waals surface area contributed by atoms with Gasteiger partial charge in [0.2, 0.25) is 5.91 Å². The van der Waals surface area contributed by atoms with E-state index in [1.807, 2.05) is 6.92 Å². The average Bonchev–Trinajstić information content (AvgIpc) is 2.88. The molecule has 6 heteroatoms. The number of furan rings is 1. The number of amides is 2. The highest BCUT2D eigenvalue weighted by Gasteiger charge is 2.24. The number of methoxy groups -OCH3 is 1. The van der Waals surface area contributed by atoms with Crippen molar-refractivity contribution >= 4 is 11.8 Å². The Kier molecular flexibility index (Phi) is 6.85. The fourth-order valence-electron chi connectivity index (χ4n) is 3.18. The standard InChI is InChI=1S/C18H28N2O4/c1-12-11-16(13(2)24-12)18(22)20-15-8-6-14(7-9-15)19-17(21)5-4-10-23-3/h11,14-15H,4-10H2,1-3H3,(H,19,21)(H,20,22). The number of hydrogen-bond acceptors (Lipinski definition) is 4. The fourth-order valence-corrected chi connectivity index (χ4v) is 3.18. The van der Waals surface area contributed by atoms with E-state index in [1.165, 1.54) is 0 Å². The normalized spacial score (nSPS) is 20.6. The monoisotopic (exact) mass is 336 g/mol. The Morgan fingerprint density at radius 2 is 1.79 bits per heavy atom. The van der Waals surface area contributed by atoms with Gasteiger partial charge in [-0.15, -0.1) is 0 Å². The van der Waals surface area contributed by atoms with Gasteiger partial charge in [-0.1, -0.05) is 0 Å². The van der Waals surface area contributed by atoms with Gasteiger partial charge in [0.25, 0.3) is 5.91 Å². The van der Waals surface area contributed by atoms with Crippen molar-refractivity contribution in [3.8, 4) is 0 Å². The molecule has 0 saturated heterocycles. The van der Waals surface area contributed by atoms with E-state index in [4.69, 9.17) is 9.15 Å². The van der Waals surface area contributed by atoms with E-state index in [9.17, 15) is 9.59 Å². The molecule has 6 nitrogen and oxygen atoms in total. The molecular weight excluding hydrogens is 308 g/mol. The molecule has 2 amide bonds. The van der Waals surface area contributed by atoms with Gasteiger partial charge in [-0.3, -0.25) is 9.59 Å². The molecule has 0 aliphatic heterocycles. The molecule has 134 valence electrons. The summed E-state index contributed by atoms with van der Waals surface area (Å²) in [6, 6.07) is 2.15. The van der Waals surface area contributed by atoms with Crippen molar-refractivity contribution in [3.05, 3.63) is 23.2 Å². The Bertz CT molecular complexity index is 559. The summed E-state index contributed by atoms with van der Waals surface area (Å²) in [5.74, 6) is 1.42. The van der Waals surface area contributed by atoms with Crippen molar-refractivity contribution in [3.63, 3.8) is 0 Å². The third-order valence-electron chi connectivity index (χ3n) is 4.47. The lowest BCUT2D eigenvalue weighted by molar-refractivity contribution is -0.122. The third kappa shape index (κ3) is 5.37. The van der Waals surface area contributed by atoms with Crippen LogP contribution in [-0.2, 0) is 9.53 Å². The summed E-state index contributed by atoms with van der Waals surface area (Å²) < 4.78 is 10.4. The summed E-state index contributed by atoms with van der Waals surface area (Å²) in [5.41, 5.74) is 0.612. The van der Waals surface area contributed by atoms with Crippen LogP contribution in [-0.4, -0.2) is 37.6 Å². The van der Waals surface area contributed by atoms with Crippen molar-refractivity contribution < 1.29 is 18.7 Å². The molecule has 1 aliphatic rings. The van der Waals surface area contributed by atoms with Crippen LogP contribution in [0.2, 0.25) is 0 Å². The average molecular weight is 336 g/mol. The van der Waals surface area contributed by atoms with Gasteiger partial charge in [0.05, 0.1) is 5.56 Å². The van der Waals surface area contributed by atoms with E-state index in [-0.39, 0.29) is 23.9 Å². The fraction of sp³-hybridized carbons (Fsp3) is 0.667. The summed E-state index contributed by atoms with van der Waals surface area (Å²) in [5, 5.41) is 6.15. The zero-order chi connectivity index (χ0) is 17.5. The maximum atomic E-state index is 12.3.